The molecule has 4 aromatic rings. The zero-order valence-corrected chi connectivity index (χ0v) is 19.7. The summed E-state index contributed by atoms with van der Waals surface area (Å²) in [6.07, 6.45) is 4.16. The lowest BCUT2D eigenvalue weighted by Crippen LogP contribution is -2.54. The number of hydrogen-bond donors (Lipinski definition) is 2. The predicted octanol–water partition coefficient (Wildman–Crippen LogP) is 4.72. The van der Waals surface area contributed by atoms with Crippen LogP contribution in [0.3, 0.4) is 0 Å². The minimum Gasteiger partial charge on any atom is -0.377 e. The summed E-state index contributed by atoms with van der Waals surface area (Å²) in [5.74, 6) is 1.15. The molecule has 1 aliphatic carbocycles. The van der Waals surface area contributed by atoms with Gasteiger partial charge in [0.05, 0.1) is 40.9 Å². The number of aryl methyl sites for hydroxylation is 1. The maximum absolute atomic E-state index is 13.4. The van der Waals surface area contributed by atoms with Gasteiger partial charge >= 0.3 is 0 Å². The van der Waals surface area contributed by atoms with E-state index in [-0.39, 0.29) is 23.9 Å². The molecule has 0 radical (unpaired) electrons. The molecule has 1 aliphatic heterocycles. The number of thiophene rings is 1. The largest absolute Gasteiger partial charge is 0.377 e. The highest BCUT2D eigenvalue weighted by atomic mass is 32.1. The topological polar surface area (TPSA) is 83.1 Å². The van der Waals surface area contributed by atoms with Crippen molar-refractivity contribution in [3.8, 4) is 0 Å². The Morgan fingerprint density at radius 3 is 2.84 bits per heavy atom. The zero-order valence-electron chi connectivity index (χ0n) is 18.1. The Hall–Kier alpha value is -2.49. The first-order valence-corrected chi connectivity index (χ1v) is 12.7. The predicted molar refractivity (Wildman–Crippen MR) is 129 cm³/mol. The Kier molecular flexibility index (Phi) is 4.93. The van der Waals surface area contributed by atoms with E-state index in [1.807, 2.05) is 0 Å². The van der Waals surface area contributed by atoms with E-state index in [1.54, 1.807) is 29.2 Å². The Bertz CT molecular complexity index is 1300. The summed E-state index contributed by atoms with van der Waals surface area (Å²) in [6.45, 7) is 5.42. The highest BCUT2D eigenvalue weighted by Gasteiger charge is 2.36. The fourth-order valence-electron chi connectivity index (χ4n) is 5.03. The fourth-order valence-corrected chi connectivity index (χ4v) is 6.96. The van der Waals surface area contributed by atoms with Crippen molar-refractivity contribution in [2.24, 2.45) is 5.92 Å². The number of nitrogens with one attached hydrogen (secondary N) is 2. The van der Waals surface area contributed by atoms with Crippen molar-refractivity contribution < 1.29 is 9.53 Å². The molecule has 32 heavy (non-hydrogen) atoms. The molecule has 166 valence electrons. The van der Waals surface area contributed by atoms with Crippen LogP contribution in [-0.2, 0) is 22.4 Å². The first kappa shape index (κ1) is 20.1. The van der Waals surface area contributed by atoms with Crippen molar-refractivity contribution in [3.63, 3.8) is 0 Å². The number of morpholine rings is 1. The zero-order chi connectivity index (χ0) is 21.8. The molecule has 2 aliphatic rings. The molecule has 1 fully saturated rings. The van der Waals surface area contributed by atoms with Gasteiger partial charge in [-0.25, -0.2) is 9.97 Å². The maximum atomic E-state index is 13.4. The number of amides is 1. The number of anilines is 2. The third-order valence-corrected chi connectivity index (χ3v) is 8.67. The van der Waals surface area contributed by atoms with E-state index in [9.17, 15) is 4.79 Å². The van der Waals surface area contributed by atoms with Gasteiger partial charge in [0.2, 0.25) is 5.91 Å². The van der Waals surface area contributed by atoms with Gasteiger partial charge in [-0.2, -0.15) is 0 Å². The van der Waals surface area contributed by atoms with Crippen LogP contribution >= 0.6 is 22.9 Å². The number of hydrogen-bond acceptors (Lipinski definition) is 7. The number of H-pyrrole nitrogens is 1. The maximum Gasteiger partial charge on any atom is 0.226 e. The molecule has 6 rings (SSSR count). The lowest BCUT2D eigenvalue weighted by molar-refractivity contribution is -0.149. The van der Waals surface area contributed by atoms with E-state index in [1.165, 1.54) is 20.7 Å². The first-order valence-electron chi connectivity index (χ1n) is 11.1. The SMILES string of the molecule is CC1COCC(C)N1C(=O)C1CCc2c(sc3ncnc(Nc4ccc5[nH]sc5c4)c23)C1. The molecule has 1 aromatic carbocycles. The van der Waals surface area contributed by atoms with E-state index >= 15 is 0 Å². The molecular weight excluding hydrogens is 442 g/mol. The van der Waals surface area contributed by atoms with E-state index in [0.717, 1.165) is 41.0 Å². The molecule has 0 spiro atoms. The molecular formula is C23H25N5O2S2. The Labute approximate surface area is 194 Å². The van der Waals surface area contributed by atoms with Crippen LogP contribution < -0.4 is 5.32 Å². The van der Waals surface area contributed by atoms with Gasteiger partial charge in [0, 0.05) is 16.5 Å². The Morgan fingerprint density at radius 1 is 1.25 bits per heavy atom. The van der Waals surface area contributed by atoms with Gasteiger partial charge in [-0.15, -0.1) is 11.3 Å². The highest BCUT2D eigenvalue weighted by Crippen LogP contribution is 2.41. The first-order chi connectivity index (χ1) is 15.6. The average Bonchev–Trinajstić information content (AvgIpc) is 3.14. The van der Waals surface area contributed by atoms with Crippen LogP contribution in [0.1, 0.15) is 30.7 Å². The lowest BCUT2D eigenvalue weighted by atomic mass is 9.86. The number of carbonyl (C=O) groups is 1. The van der Waals surface area contributed by atoms with Crippen LogP contribution in [0.2, 0.25) is 0 Å². The summed E-state index contributed by atoms with van der Waals surface area (Å²) in [4.78, 5) is 26.9. The van der Waals surface area contributed by atoms with E-state index in [2.05, 4.69) is 56.6 Å². The number of carbonyl (C=O) groups excluding carboxylic acids is 1. The normalized spacial score (nSPS) is 23.6. The number of aromatic nitrogens is 3. The number of fused-ring (bicyclic) bond motifs is 4. The van der Waals surface area contributed by atoms with Crippen LogP contribution in [0.4, 0.5) is 11.5 Å². The quantitative estimate of drug-likeness (QED) is 0.456. The molecule has 7 nitrogen and oxygen atoms in total. The van der Waals surface area contributed by atoms with Crippen molar-refractivity contribution in [3.05, 3.63) is 35.0 Å². The summed E-state index contributed by atoms with van der Waals surface area (Å²) in [7, 11) is 0. The second-order valence-electron chi connectivity index (χ2n) is 8.87. The summed E-state index contributed by atoms with van der Waals surface area (Å²) >= 11 is 3.34. The van der Waals surface area contributed by atoms with Crippen LogP contribution in [0.15, 0.2) is 24.5 Å². The molecule has 3 aromatic heterocycles. The Balaban J connectivity index is 1.29. The van der Waals surface area contributed by atoms with Crippen LogP contribution in [0, 0.1) is 5.92 Å². The molecule has 3 unspecified atom stereocenters. The summed E-state index contributed by atoms with van der Waals surface area (Å²) < 4.78 is 10.1. The smallest absolute Gasteiger partial charge is 0.226 e. The van der Waals surface area contributed by atoms with Gasteiger partial charge in [0.15, 0.2) is 0 Å². The van der Waals surface area contributed by atoms with Crippen LogP contribution in [-0.4, -0.2) is 50.4 Å². The van der Waals surface area contributed by atoms with Crippen LogP contribution in [0.5, 0.6) is 0 Å². The fraction of sp³-hybridized carbons (Fsp3) is 0.435. The monoisotopic (exact) mass is 467 g/mol. The molecule has 4 heterocycles. The second kappa shape index (κ2) is 7.83. The third kappa shape index (κ3) is 3.30. The molecule has 9 heteroatoms. The van der Waals surface area contributed by atoms with Gasteiger partial charge in [0.1, 0.15) is 17.0 Å². The molecule has 0 saturated carbocycles. The van der Waals surface area contributed by atoms with Crippen molar-refractivity contribution in [1.29, 1.82) is 0 Å². The Morgan fingerprint density at radius 2 is 2.09 bits per heavy atom. The van der Waals surface area contributed by atoms with Gasteiger partial charge in [-0.3, -0.25) is 4.79 Å². The lowest BCUT2D eigenvalue weighted by Gasteiger charge is -2.41. The molecule has 1 saturated heterocycles. The third-order valence-electron chi connectivity index (χ3n) is 6.63. The second-order valence-corrected chi connectivity index (χ2v) is 10.8. The van der Waals surface area contributed by atoms with Gasteiger partial charge in [-0.05, 0) is 56.9 Å². The van der Waals surface area contributed by atoms with Crippen molar-refractivity contribution in [2.45, 2.75) is 45.2 Å². The molecule has 2 N–H and O–H groups in total. The summed E-state index contributed by atoms with van der Waals surface area (Å²) in [5.41, 5.74) is 3.50. The highest BCUT2D eigenvalue weighted by molar-refractivity contribution is 7.19. The number of benzene rings is 1. The number of ether oxygens (including phenoxy) is 1. The van der Waals surface area contributed by atoms with E-state index in [0.29, 0.717) is 13.2 Å². The van der Waals surface area contributed by atoms with Crippen molar-refractivity contribution in [1.82, 2.24) is 19.2 Å². The summed E-state index contributed by atoms with van der Waals surface area (Å²) in [5, 5.41) is 4.62. The van der Waals surface area contributed by atoms with Crippen LogP contribution in [0.25, 0.3) is 20.4 Å². The average molecular weight is 468 g/mol. The van der Waals surface area contributed by atoms with Crippen molar-refractivity contribution >= 4 is 60.7 Å². The minimum absolute atomic E-state index is 0.0282. The molecule has 0 bridgehead atoms. The standard InChI is InChI=1S/C23H25N5O2S2/c1-12-9-30-10-13(2)28(12)23(29)14-3-5-16-18(7-14)31-22-20(16)21(24-11-25-22)26-15-4-6-17-19(8-15)32-27-17/h4,6,8,11-14,27H,3,5,7,9-10H2,1-2H3,(H,24,25,26). The number of aromatic amines is 1. The van der Waals surface area contributed by atoms with Gasteiger partial charge in [0.25, 0.3) is 0 Å². The minimum atomic E-state index is 0.0282. The molecule has 3 atom stereocenters. The van der Waals surface area contributed by atoms with Gasteiger partial charge < -0.3 is 19.3 Å². The number of rotatable bonds is 3. The van der Waals surface area contributed by atoms with E-state index < -0.39 is 0 Å². The van der Waals surface area contributed by atoms with E-state index in [4.69, 9.17) is 4.74 Å². The van der Waals surface area contributed by atoms with Crippen molar-refractivity contribution in [2.75, 3.05) is 18.5 Å². The number of nitrogens with zero attached hydrogens (tertiary/aromatic N) is 3. The van der Waals surface area contributed by atoms with Gasteiger partial charge in [-0.1, -0.05) is 11.5 Å². The summed E-state index contributed by atoms with van der Waals surface area (Å²) in [6, 6.07) is 6.56. The molecule has 1 amide bonds.